The van der Waals surface area contributed by atoms with E-state index in [2.05, 4.69) is 11.4 Å². The SMILES string of the molecule is COc1ccc2c(c1)-c1sc(C(=O)Nc3c(F)cccc3F)cc1CCC2. The minimum Gasteiger partial charge on any atom is -0.497 e. The molecule has 3 nitrogen and oxygen atoms in total. The molecule has 6 heteroatoms. The van der Waals surface area contributed by atoms with E-state index in [1.54, 1.807) is 7.11 Å². The van der Waals surface area contributed by atoms with Crippen LogP contribution in [0.5, 0.6) is 5.75 Å². The van der Waals surface area contributed by atoms with Crippen LogP contribution < -0.4 is 10.1 Å². The van der Waals surface area contributed by atoms with Gasteiger partial charge in [0.05, 0.1) is 12.0 Å². The van der Waals surface area contributed by atoms with Gasteiger partial charge in [0.1, 0.15) is 23.1 Å². The first-order valence-corrected chi connectivity index (χ1v) is 9.44. The highest BCUT2D eigenvalue weighted by Crippen LogP contribution is 2.40. The molecule has 0 spiro atoms. The second-order valence-corrected chi connectivity index (χ2v) is 7.44. The molecule has 2 aromatic carbocycles. The zero-order valence-electron chi connectivity index (χ0n) is 14.6. The molecule has 1 N–H and O–H groups in total. The summed E-state index contributed by atoms with van der Waals surface area (Å²) < 4.78 is 33.0. The molecule has 0 saturated heterocycles. The number of para-hydroxylation sites is 1. The van der Waals surface area contributed by atoms with Crippen molar-refractivity contribution in [1.82, 2.24) is 0 Å². The molecule has 1 aliphatic carbocycles. The highest BCUT2D eigenvalue weighted by Gasteiger charge is 2.22. The van der Waals surface area contributed by atoms with Crippen molar-refractivity contribution in [3.8, 4) is 16.2 Å². The molecule has 0 bridgehead atoms. The molecular formula is C21H17F2NO2S. The molecule has 3 aromatic rings. The van der Waals surface area contributed by atoms with Gasteiger partial charge < -0.3 is 10.1 Å². The summed E-state index contributed by atoms with van der Waals surface area (Å²) in [6.45, 7) is 0. The van der Waals surface area contributed by atoms with E-state index in [9.17, 15) is 13.6 Å². The van der Waals surface area contributed by atoms with Crippen LogP contribution in [-0.2, 0) is 12.8 Å². The number of anilines is 1. The lowest BCUT2D eigenvalue weighted by atomic mass is 10.0. The van der Waals surface area contributed by atoms with Gasteiger partial charge in [0.2, 0.25) is 0 Å². The average molecular weight is 385 g/mol. The van der Waals surface area contributed by atoms with Crippen LogP contribution in [-0.4, -0.2) is 13.0 Å². The van der Waals surface area contributed by atoms with Crippen molar-refractivity contribution in [2.24, 2.45) is 0 Å². The van der Waals surface area contributed by atoms with Crippen molar-refractivity contribution in [2.75, 3.05) is 12.4 Å². The number of carbonyl (C=O) groups is 1. The number of halogens is 2. The molecule has 0 aliphatic heterocycles. The fourth-order valence-corrected chi connectivity index (χ4v) is 4.48. The molecule has 138 valence electrons. The van der Waals surface area contributed by atoms with Gasteiger partial charge in [0, 0.05) is 4.88 Å². The van der Waals surface area contributed by atoms with Gasteiger partial charge in [-0.05, 0) is 66.3 Å². The smallest absolute Gasteiger partial charge is 0.265 e. The van der Waals surface area contributed by atoms with E-state index in [0.717, 1.165) is 53.1 Å². The number of rotatable bonds is 3. The van der Waals surface area contributed by atoms with E-state index in [1.807, 2.05) is 18.2 Å². The van der Waals surface area contributed by atoms with Crippen molar-refractivity contribution >= 4 is 22.9 Å². The average Bonchev–Trinajstić information content (AvgIpc) is 3.02. The summed E-state index contributed by atoms with van der Waals surface area (Å²) in [5.74, 6) is -1.34. The monoisotopic (exact) mass is 385 g/mol. The van der Waals surface area contributed by atoms with Gasteiger partial charge in [-0.15, -0.1) is 11.3 Å². The third kappa shape index (κ3) is 3.32. The van der Waals surface area contributed by atoms with E-state index in [0.29, 0.717) is 4.88 Å². The number of nitrogens with one attached hydrogen (secondary N) is 1. The third-order valence-corrected chi connectivity index (χ3v) is 5.90. The standard InChI is InChI=1S/C21H17F2NO2S/c1-26-14-9-8-12-4-2-5-13-10-18(27-20(13)15(12)11-14)21(25)24-19-16(22)6-3-7-17(19)23/h3,6-11H,2,4-5H2,1H3,(H,24,25). The van der Waals surface area contributed by atoms with Crippen molar-refractivity contribution in [1.29, 1.82) is 0 Å². The highest BCUT2D eigenvalue weighted by molar-refractivity contribution is 7.17. The van der Waals surface area contributed by atoms with E-state index in [-0.39, 0.29) is 0 Å². The summed E-state index contributed by atoms with van der Waals surface area (Å²) in [4.78, 5) is 14.0. The molecule has 1 heterocycles. The second kappa shape index (κ2) is 7.12. The fourth-order valence-electron chi connectivity index (χ4n) is 3.33. The number of fused-ring (bicyclic) bond motifs is 3. The van der Waals surface area contributed by atoms with Gasteiger partial charge >= 0.3 is 0 Å². The molecule has 0 saturated carbocycles. The number of methoxy groups -OCH3 is 1. The number of amides is 1. The fraction of sp³-hybridized carbons (Fsp3) is 0.190. The third-order valence-electron chi connectivity index (χ3n) is 4.69. The van der Waals surface area contributed by atoms with Crippen LogP contribution >= 0.6 is 11.3 Å². The summed E-state index contributed by atoms with van der Waals surface area (Å²) in [7, 11) is 1.62. The maximum Gasteiger partial charge on any atom is 0.265 e. The Kier molecular flexibility index (Phi) is 4.66. The van der Waals surface area contributed by atoms with Crippen molar-refractivity contribution < 1.29 is 18.3 Å². The van der Waals surface area contributed by atoms with E-state index in [1.165, 1.54) is 23.0 Å². The maximum atomic E-state index is 13.8. The first kappa shape index (κ1) is 17.7. The molecule has 0 radical (unpaired) electrons. The molecule has 1 aliphatic rings. The van der Waals surface area contributed by atoms with Crippen molar-refractivity contribution in [3.63, 3.8) is 0 Å². The topological polar surface area (TPSA) is 38.3 Å². The zero-order chi connectivity index (χ0) is 19.0. The normalized spacial score (nSPS) is 12.7. The Hall–Kier alpha value is -2.73. The quantitative estimate of drug-likeness (QED) is 0.652. The Morgan fingerprint density at radius 3 is 2.56 bits per heavy atom. The molecule has 0 atom stereocenters. The number of thiophene rings is 1. The predicted molar refractivity (Wildman–Crippen MR) is 103 cm³/mol. The van der Waals surface area contributed by atoms with Crippen LogP contribution in [0.2, 0.25) is 0 Å². The molecule has 1 amide bonds. The van der Waals surface area contributed by atoms with Crippen molar-refractivity contribution in [2.45, 2.75) is 19.3 Å². The summed E-state index contributed by atoms with van der Waals surface area (Å²) in [5, 5.41) is 2.36. The molecule has 0 fully saturated rings. The largest absolute Gasteiger partial charge is 0.497 e. The summed E-state index contributed by atoms with van der Waals surface area (Å²) in [6.07, 6.45) is 2.79. The van der Waals surface area contributed by atoms with Gasteiger partial charge in [-0.2, -0.15) is 0 Å². The van der Waals surface area contributed by atoms with E-state index in [4.69, 9.17) is 4.74 Å². The van der Waals surface area contributed by atoms with Gasteiger partial charge in [-0.1, -0.05) is 12.1 Å². The van der Waals surface area contributed by atoms with Crippen LogP contribution in [0.25, 0.3) is 10.4 Å². The second-order valence-electron chi connectivity index (χ2n) is 6.39. The van der Waals surface area contributed by atoms with Gasteiger partial charge in [0.25, 0.3) is 5.91 Å². The number of benzene rings is 2. The number of carbonyl (C=O) groups excluding carboxylic acids is 1. The predicted octanol–water partition coefficient (Wildman–Crippen LogP) is 5.44. The first-order chi connectivity index (χ1) is 13.1. The molecule has 0 unspecified atom stereocenters. The Balaban J connectivity index is 1.71. The molecule has 1 aromatic heterocycles. The zero-order valence-corrected chi connectivity index (χ0v) is 15.5. The molecular weight excluding hydrogens is 368 g/mol. The van der Waals surface area contributed by atoms with E-state index < -0.39 is 23.2 Å². The molecule has 4 rings (SSSR count). The van der Waals surface area contributed by atoms with Gasteiger partial charge in [-0.3, -0.25) is 4.79 Å². The Bertz CT molecular complexity index is 1010. The summed E-state index contributed by atoms with van der Waals surface area (Å²) >= 11 is 1.34. The van der Waals surface area contributed by atoms with Crippen LogP contribution in [0.4, 0.5) is 14.5 Å². The van der Waals surface area contributed by atoms with Gasteiger partial charge in [-0.25, -0.2) is 8.78 Å². The van der Waals surface area contributed by atoms with Gasteiger partial charge in [0.15, 0.2) is 0 Å². The number of ether oxygens (including phenoxy) is 1. The lowest BCUT2D eigenvalue weighted by Crippen LogP contribution is -2.12. The Labute approximate surface area is 159 Å². The number of hydrogen-bond acceptors (Lipinski definition) is 3. The van der Waals surface area contributed by atoms with Crippen LogP contribution in [0.3, 0.4) is 0 Å². The van der Waals surface area contributed by atoms with Crippen LogP contribution in [0, 0.1) is 11.6 Å². The minimum atomic E-state index is -0.795. The molecule has 27 heavy (non-hydrogen) atoms. The van der Waals surface area contributed by atoms with Crippen LogP contribution in [0.1, 0.15) is 27.2 Å². The number of aryl methyl sites for hydroxylation is 2. The summed E-state index contributed by atoms with van der Waals surface area (Å²) in [5.41, 5.74) is 2.92. The van der Waals surface area contributed by atoms with E-state index >= 15 is 0 Å². The lowest BCUT2D eigenvalue weighted by molar-refractivity contribution is 0.102. The minimum absolute atomic E-state index is 0.423. The first-order valence-electron chi connectivity index (χ1n) is 8.62. The highest BCUT2D eigenvalue weighted by atomic mass is 32.1. The van der Waals surface area contributed by atoms with Crippen LogP contribution in [0.15, 0.2) is 42.5 Å². The maximum absolute atomic E-state index is 13.8. The van der Waals surface area contributed by atoms with Crippen molar-refractivity contribution in [3.05, 3.63) is 70.1 Å². The number of hydrogen-bond donors (Lipinski definition) is 1. The lowest BCUT2D eigenvalue weighted by Gasteiger charge is -2.08. The Morgan fingerprint density at radius 2 is 1.81 bits per heavy atom. The summed E-state index contributed by atoms with van der Waals surface area (Å²) in [6, 6.07) is 11.3. The Morgan fingerprint density at radius 1 is 1.07 bits per heavy atom.